The van der Waals surface area contributed by atoms with E-state index in [9.17, 15) is 4.79 Å². The zero-order chi connectivity index (χ0) is 14.5. The summed E-state index contributed by atoms with van der Waals surface area (Å²) in [7, 11) is 0. The lowest BCUT2D eigenvalue weighted by Crippen LogP contribution is -2.41. The van der Waals surface area contributed by atoms with Gasteiger partial charge in [-0.15, -0.1) is 0 Å². The molecule has 1 unspecified atom stereocenters. The maximum atomic E-state index is 11.9. The Hall–Kier alpha value is -1.51. The number of alkyl carbamates (subject to hydrolysis) is 1. The van der Waals surface area contributed by atoms with Gasteiger partial charge >= 0.3 is 6.09 Å². The number of carbonyl (C=O) groups is 1. The molecule has 1 N–H and O–H groups in total. The zero-order valence-corrected chi connectivity index (χ0v) is 12.5. The predicted octanol–water partition coefficient (Wildman–Crippen LogP) is 4.12. The van der Waals surface area contributed by atoms with E-state index in [-0.39, 0.29) is 12.1 Å². The maximum absolute atomic E-state index is 11.9. The number of rotatable bonds is 3. The summed E-state index contributed by atoms with van der Waals surface area (Å²) >= 11 is 0. The van der Waals surface area contributed by atoms with E-state index in [0.29, 0.717) is 0 Å². The molecule has 19 heavy (non-hydrogen) atoms. The molecule has 0 saturated carbocycles. The smallest absolute Gasteiger partial charge is 0.408 e. The highest BCUT2D eigenvalue weighted by atomic mass is 16.6. The summed E-state index contributed by atoms with van der Waals surface area (Å²) in [6, 6.07) is 0.0415. The molecule has 0 aliphatic heterocycles. The summed E-state index contributed by atoms with van der Waals surface area (Å²) in [5, 5.41) is 2.96. The zero-order valence-electron chi connectivity index (χ0n) is 12.5. The fraction of sp³-hybridized carbons (Fsp3) is 0.562. The second-order valence-electron chi connectivity index (χ2n) is 5.92. The van der Waals surface area contributed by atoms with Crippen LogP contribution in [0.5, 0.6) is 0 Å². The molecule has 0 aromatic heterocycles. The Balaban J connectivity index is 2.75. The molecule has 1 amide bonds. The van der Waals surface area contributed by atoms with Crippen molar-refractivity contribution in [1.29, 1.82) is 0 Å². The van der Waals surface area contributed by atoms with Crippen LogP contribution in [0.4, 0.5) is 4.79 Å². The normalized spacial score (nSPS) is 20.5. The van der Waals surface area contributed by atoms with E-state index < -0.39 is 5.60 Å². The molecular weight excluding hydrogens is 238 g/mol. The molecule has 1 rings (SSSR count). The summed E-state index contributed by atoms with van der Waals surface area (Å²) < 4.78 is 5.31. The van der Waals surface area contributed by atoms with E-state index in [0.717, 1.165) is 19.3 Å². The lowest BCUT2D eigenvalue weighted by atomic mass is 9.88. The van der Waals surface area contributed by atoms with Gasteiger partial charge in [-0.2, -0.15) is 0 Å². The third-order valence-electron chi connectivity index (χ3n) is 3.02. The molecule has 0 spiro atoms. The molecule has 0 bridgehead atoms. The van der Waals surface area contributed by atoms with Crippen LogP contribution in [-0.4, -0.2) is 17.7 Å². The molecule has 1 atom stereocenters. The first-order chi connectivity index (χ1) is 8.83. The molecule has 0 aromatic carbocycles. The lowest BCUT2D eigenvalue weighted by Gasteiger charge is -2.28. The summed E-state index contributed by atoms with van der Waals surface area (Å²) in [6.07, 6.45) is 8.47. The average Bonchev–Trinajstić information content (AvgIpc) is 2.25. The van der Waals surface area contributed by atoms with Gasteiger partial charge in [-0.3, -0.25) is 0 Å². The highest BCUT2D eigenvalue weighted by Crippen LogP contribution is 2.26. The standard InChI is InChI=1S/C16H25NO2/c1-6-7-10-13-12(2)9-8-11-14(13)17-15(18)19-16(3,4)5/h6-7,10,14H,1,8-9,11H2,2-5H3,(H,17,18)/b10-7-. The lowest BCUT2D eigenvalue weighted by molar-refractivity contribution is 0.0509. The maximum Gasteiger partial charge on any atom is 0.408 e. The quantitative estimate of drug-likeness (QED) is 0.778. The molecule has 1 aliphatic rings. The van der Waals surface area contributed by atoms with Gasteiger partial charge in [-0.05, 0) is 52.5 Å². The van der Waals surface area contributed by atoms with Crippen molar-refractivity contribution < 1.29 is 9.53 Å². The van der Waals surface area contributed by atoms with Gasteiger partial charge in [0.2, 0.25) is 0 Å². The van der Waals surface area contributed by atoms with Gasteiger partial charge < -0.3 is 10.1 Å². The van der Waals surface area contributed by atoms with Crippen LogP contribution in [0.15, 0.2) is 36.0 Å². The summed E-state index contributed by atoms with van der Waals surface area (Å²) in [6.45, 7) is 11.4. The first-order valence-electron chi connectivity index (χ1n) is 6.82. The molecule has 0 saturated heterocycles. The van der Waals surface area contributed by atoms with Crippen molar-refractivity contribution in [3.8, 4) is 0 Å². The van der Waals surface area contributed by atoms with Crippen LogP contribution in [-0.2, 0) is 4.74 Å². The Bertz CT molecular complexity index is 399. The van der Waals surface area contributed by atoms with Gasteiger partial charge in [-0.25, -0.2) is 4.79 Å². The van der Waals surface area contributed by atoms with E-state index in [1.165, 1.54) is 11.1 Å². The number of allylic oxidation sites excluding steroid dienone is 3. The van der Waals surface area contributed by atoms with Crippen molar-refractivity contribution in [3.05, 3.63) is 36.0 Å². The minimum Gasteiger partial charge on any atom is -0.444 e. The average molecular weight is 263 g/mol. The number of hydrogen-bond donors (Lipinski definition) is 1. The Labute approximate surface area is 116 Å². The van der Waals surface area contributed by atoms with Crippen LogP contribution in [0.1, 0.15) is 47.0 Å². The highest BCUT2D eigenvalue weighted by molar-refractivity contribution is 5.69. The summed E-state index contributed by atoms with van der Waals surface area (Å²) in [4.78, 5) is 11.9. The molecule has 0 aromatic rings. The fourth-order valence-corrected chi connectivity index (χ4v) is 2.20. The van der Waals surface area contributed by atoms with Gasteiger partial charge in [0.05, 0.1) is 6.04 Å². The molecule has 3 heteroatoms. The van der Waals surface area contributed by atoms with Crippen molar-refractivity contribution in [2.75, 3.05) is 0 Å². The third-order valence-corrected chi connectivity index (χ3v) is 3.02. The van der Waals surface area contributed by atoms with Gasteiger partial charge in [0.15, 0.2) is 0 Å². The van der Waals surface area contributed by atoms with Crippen LogP contribution in [0.25, 0.3) is 0 Å². The van der Waals surface area contributed by atoms with Crippen LogP contribution in [0, 0.1) is 0 Å². The van der Waals surface area contributed by atoms with E-state index in [2.05, 4.69) is 18.8 Å². The van der Waals surface area contributed by atoms with Crippen LogP contribution >= 0.6 is 0 Å². The minimum atomic E-state index is -0.464. The topological polar surface area (TPSA) is 38.3 Å². The molecule has 106 valence electrons. The van der Waals surface area contributed by atoms with Crippen LogP contribution in [0.3, 0.4) is 0 Å². The second-order valence-corrected chi connectivity index (χ2v) is 5.92. The van der Waals surface area contributed by atoms with Crippen LogP contribution < -0.4 is 5.32 Å². The summed E-state index contributed by atoms with van der Waals surface area (Å²) in [5.41, 5.74) is 2.04. The summed E-state index contributed by atoms with van der Waals surface area (Å²) in [5.74, 6) is 0. The van der Waals surface area contributed by atoms with Gasteiger partial charge in [-0.1, -0.05) is 30.4 Å². The fourth-order valence-electron chi connectivity index (χ4n) is 2.20. The van der Waals surface area contributed by atoms with Crippen molar-refractivity contribution in [3.63, 3.8) is 0 Å². The Morgan fingerprint density at radius 1 is 1.47 bits per heavy atom. The molecule has 1 aliphatic carbocycles. The Morgan fingerprint density at radius 3 is 2.74 bits per heavy atom. The molecule has 0 heterocycles. The van der Waals surface area contributed by atoms with E-state index in [4.69, 9.17) is 4.74 Å². The number of ether oxygens (including phenoxy) is 1. The molecular formula is C16H25NO2. The Morgan fingerprint density at radius 2 is 2.16 bits per heavy atom. The van der Waals surface area contributed by atoms with Crippen molar-refractivity contribution in [2.45, 2.75) is 58.6 Å². The third kappa shape index (κ3) is 5.33. The van der Waals surface area contributed by atoms with E-state index in [1.54, 1.807) is 6.08 Å². The molecule has 3 nitrogen and oxygen atoms in total. The molecule has 0 radical (unpaired) electrons. The van der Waals surface area contributed by atoms with E-state index in [1.807, 2.05) is 32.9 Å². The minimum absolute atomic E-state index is 0.0415. The monoisotopic (exact) mass is 263 g/mol. The largest absolute Gasteiger partial charge is 0.444 e. The van der Waals surface area contributed by atoms with Gasteiger partial charge in [0.25, 0.3) is 0 Å². The highest BCUT2D eigenvalue weighted by Gasteiger charge is 2.23. The first-order valence-corrected chi connectivity index (χ1v) is 6.82. The number of carbonyl (C=O) groups excluding carboxylic acids is 1. The SMILES string of the molecule is C=C/C=C\C1=C(C)CCCC1NC(=O)OC(C)(C)C. The first kappa shape index (κ1) is 15.5. The number of amides is 1. The predicted molar refractivity (Wildman–Crippen MR) is 79.0 cm³/mol. The van der Waals surface area contributed by atoms with E-state index >= 15 is 0 Å². The number of nitrogens with one attached hydrogen (secondary N) is 1. The van der Waals surface area contributed by atoms with Crippen molar-refractivity contribution in [1.82, 2.24) is 5.32 Å². The van der Waals surface area contributed by atoms with Gasteiger partial charge in [0, 0.05) is 0 Å². The van der Waals surface area contributed by atoms with Crippen LogP contribution in [0.2, 0.25) is 0 Å². The molecule has 0 fully saturated rings. The Kier molecular flexibility index (Phi) is 5.40. The van der Waals surface area contributed by atoms with Crippen molar-refractivity contribution in [2.24, 2.45) is 0 Å². The van der Waals surface area contributed by atoms with Gasteiger partial charge in [0.1, 0.15) is 5.60 Å². The second kappa shape index (κ2) is 6.60. The number of hydrogen-bond acceptors (Lipinski definition) is 2. The van der Waals surface area contributed by atoms with Crippen molar-refractivity contribution >= 4 is 6.09 Å².